The molecule has 2 N–H and O–H groups in total. The van der Waals surface area contributed by atoms with E-state index in [9.17, 15) is 0 Å². The third-order valence-electron chi connectivity index (χ3n) is 2.54. The van der Waals surface area contributed by atoms with Gasteiger partial charge in [0.05, 0.1) is 0 Å². The molecule has 0 heterocycles. The van der Waals surface area contributed by atoms with E-state index in [-0.39, 0.29) is 0 Å². The molecule has 2 atom stereocenters. The van der Waals surface area contributed by atoms with Crippen LogP contribution in [0.1, 0.15) is 39.0 Å². The van der Waals surface area contributed by atoms with Crippen molar-refractivity contribution in [2.75, 3.05) is 0 Å². The van der Waals surface area contributed by atoms with E-state index in [0.29, 0.717) is 6.04 Å². The first kappa shape index (κ1) is 8.79. The van der Waals surface area contributed by atoms with Gasteiger partial charge in [0.25, 0.3) is 0 Å². The largest absolute Gasteiger partial charge is 0.324 e. The summed E-state index contributed by atoms with van der Waals surface area (Å²) >= 11 is 0. The van der Waals surface area contributed by atoms with Crippen LogP contribution in [0, 0.1) is 5.92 Å². The van der Waals surface area contributed by atoms with Crippen molar-refractivity contribution in [3.05, 3.63) is 12.2 Å². The number of unbranched alkanes of at least 4 members (excludes halogenated alkanes) is 1. The van der Waals surface area contributed by atoms with Gasteiger partial charge in [-0.3, -0.25) is 0 Å². The number of nitrogens with two attached hydrogens (primary N) is 1. The quantitative estimate of drug-likeness (QED) is 0.619. The smallest absolute Gasteiger partial charge is 0.0252 e. The van der Waals surface area contributed by atoms with E-state index < -0.39 is 0 Å². The van der Waals surface area contributed by atoms with Gasteiger partial charge in [-0.2, -0.15) is 0 Å². The number of hydrogen-bond donors (Lipinski definition) is 1. The molecule has 0 saturated heterocycles. The molecule has 1 nitrogen and oxygen atoms in total. The van der Waals surface area contributed by atoms with Gasteiger partial charge < -0.3 is 5.73 Å². The predicted octanol–water partition coefficient (Wildman–Crippen LogP) is 2.47. The molecule has 0 amide bonds. The fourth-order valence-corrected chi connectivity index (χ4v) is 1.72. The summed E-state index contributed by atoms with van der Waals surface area (Å²) in [6, 6.07) is 0.343. The molecule has 1 heteroatoms. The van der Waals surface area contributed by atoms with Crippen molar-refractivity contribution in [1.29, 1.82) is 0 Å². The molecule has 0 spiro atoms. The van der Waals surface area contributed by atoms with E-state index in [1.807, 2.05) is 0 Å². The maximum Gasteiger partial charge on any atom is 0.0252 e. The molecule has 0 aromatic carbocycles. The Morgan fingerprint density at radius 2 is 2.36 bits per heavy atom. The maximum atomic E-state index is 5.93. The summed E-state index contributed by atoms with van der Waals surface area (Å²) < 4.78 is 0. The van der Waals surface area contributed by atoms with Gasteiger partial charge in [0.1, 0.15) is 0 Å². The molecule has 64 valence electrons. The lowest BCUT2D eigenvalue weighted by atomic mass is 9.86. The molecule has 1 aliphatic carbocycles. The molecule has 0 fully saturated rings. The van der Waals surface area contributed by atoms with Crippen molar-refractivity contribution in [2.24, 2.45) is 11.7 Å². The highest BCUT2D eigenvalue weighted by Gasteiger charge is 2.16. The van der Waals surface area contributed by atoms with Crippen molar-refractivity contribution in [3.8, 4) is 0 Å². The van der Waals surface area contributed by atoms with Gasteiger partial charge in [0, 0.05) is 6.04 Å². The molecular weight excluding hydrogens is 134 g/mol. The predicted molar refractivity (Wildman–Crippen MR) is 49.4 cm³/mol. The summed E-state index contributed by atoms with van der Waals surface area (Å²) in [5.74, 6) is 0.764. The highest BCUT2D eigenvalue weighted by Crippen LogP contribution is 2.22. The standard InChI is InChI=1S/C10H19N/c1-2-3-6-9-7-4-5-8-10(9)11/h5,8-10H,2-4,6-7,11H2,1H3/t9-,10+/m1/s1. The van der Waals surface area contributed by atoms with E-state index in [2.05, 4.69) is 19.1 Å². The second-order valence-electron chi connectivity index (χ2n) is 3.49. The lowest BCUT2D eigenvalue weighted by Crippen LogP contribution is -2.29. The van der Waals surface area contributed by atoms with E-state index in [1.165, 1.54) is 32.1 Å². The monoisotopic (exact) mass is 153 g/mol. The van der Waals surface area contributed by atoms with Gasteiger partial charge in [-0.15, -0.1) is 0 Å². The fourth-order valence-electron chi connectivity index (χ4n) is 1.72. The van der Waals surface area contributed by atoms with Gasteiger partial charge in [-0.1, -0.05) is 31.9 Å². The van der Waals surface area contributed by atoms with Crippen LogP contribution in [0.2, 0.25) is 0 Å². The zero-order valence-electron chi connectivity index (χ0n) is 7.42. The Hall–Kier alpha value is -0.300. The van der Waals surface area contributed by atoms with E-state index >= 15 is 0 Å². The number of allylic oxidation sites excluding steroid dienone is 1. The minimum absolute atomic E-state index is 0.343. The third-order valence-corrected chi connectivity index (χ3v) is 2.54. The van der Waals surface area contributed by atoms with Crippen LogP contribution in [0.3, 0.4) is 0 Å². The van der Waals surface area contributed by atoms with Crippen LogP contribution in [-0.4, -0.2) is 6.04 Å². The topological polar surface area (TPSA) is 26.0 Å². The van der Waals surface area contributed by atoms with E-state index in [4.69, 9.17) is 5.73 Å². The summed E-state index contributed by atoms with van der Waals surface area (Å²) in [7, 11) is 0. The van der Waals surface area contributed by atoms with Crippen molar-refractivity contribution in [2.45, 2.75) is 45.1 Å². The molecule has 1 aliphatic rings. The molecule has 0 saturated carbocycles. The highest BCUT2D eigenvalue weighted by molar-refractivity contribution is 4.99. The minimum Gasteiger partial charge on any atom is -0.324 e. The summed E-state index contributed by atoms with van der Waals surface area (Å²) in [6.45, 7) is 2.24. The van der Waals surface area contributed by atoms with Crippen LogP contribution in [0.5, 0.6) is 0 Å². The van der Waals surface area contributed by atoms with Gasteiger partial charge in [-0.05, 0) is 25.2 Å². The van der Waals surface area contributed by atoms with Crippen molar-refractivity contribution in [3.63, 3.8) is 0 Å². The lowest BCUT2D eigenvalue weighted by molar-refractivity contribution is 0.387. The molecule has 1 rings (SSSR count). The third kappa shape index (κ3) is 2.66. The van der Waals surface area contributed by atoms with Crippen LogP contribution < -0.4 is 5.73 Å². The molecule has 11 heavy (non-hydrogen) atoms. The summed E-state index contributed by atoms with van der Waals surface area (Å²) in [4.78, 5) is 0. The summed E-state index contributed by atoms with van der Waals surface area (Å²) in [6.07, 6.45) is 10.9. The zero-order valence-corrected chi connectivity index (χ0v) is 7.42. The maximum absolute atomic E-state index is 5.93. The summed E-state index contributed by atoms with van der Waals surface area (Å²) in [5.41, 5.74) is 5.93. The van der Waals surface area contributed by atoms with Crippen LogP contribution in [-0.2, 0) is 0 Å². The second kappa shape index (κ2) is 4.55. The number of hydrogen-bond acceptors (Lipinski definition) is 1. The van der Waals surface area contributed by atoms with Gasteiger partial charge >= 0.3 is 0 Å². The highest BCUT2D eigenvalue weighted by atomic mass is 14.6. The van der Waals surface area contributed by atoms with Gasteiger partial charge in [0.15, 0.2) is 0 Å². The molecular formula is C10H19N. The Bertz CT molecular complexity index is 129. The van der Waals surface area contributed by atoms with E-state index in [0.717, 1.165) is 5.92 Å². The average molecular weight is 153 g/mol. The molecule has 0 radical (unpaired) electrons. The normalized spacial score (nSPS) is 30.7. The van der Waals surface area contributed by atoms with Crippen LogP contribution in [0.25, 0.3) is 0 Å². The fraction of sp³-hybridized carbons (Fsp3) is 0.800. The summed E-state index contributed by atoms with van der Waals surface area (Å²) in [5, 5.41) is 0. The molecule has 0 bridgehead atoms. The Balaban J connectivity index is 2.27. The SMILES string of the molecule is CCCC[C@@H]1CCC=C[C@@H]1N. The van der Waals surface area contributed by atoms with E-state index in [1.54, 1.807) is 0 Å². The average Bonchev–Trinajstić information content (AvgIpc) is 2.03. The van der Waals surface area contributed by atoms with Crippen LogP contribution in [0.15, 0.2) is 12.2 Å². The first-order valence-electron chi connectivity index (χ1n) is 4.77. The second-order valence-corrected chi connectivity index (χ2v) is 3.49. The van der Waals surface area contributed by atoms with Crippen molar-refractivity contribution < 1.29 is 0 Å². The number of rotatable bonds is 3. The first-order valence-corrected chi connectivity index (χ1v) is 4.77. The van der Waals surface area contributed by atoms with Crippen molar-refractivity contribution >= 4 is 0 Å². The molecule has 0 unspecified atom stereocenters. The van der Waals surface area contributed by atoms with Gasteiger partial charge in [-0.25, -0.2) is 0 Å². The van der Waals surface area contributed by atoms with Crippen LogP contribution >= 0.6 is 0 Å². The molecule has 0 aliphatic heterocycles. The van der Waals surface area contributed by atoms with Crippen molar-refractivity contribution in [1.82, 2.24) is 0 Å². The first-order chi connectivity index (χ1) is 5.34. The van der Waals surface area contributed by atoms with Crippen LogP contribution in [0.4, 0.5) is 0 Å². The zero-order chi connectivity index (χ0) is 8.10. The Morgan fingerprint density at radius 1 is 1.55 bits per heavy atom. The Morgan fingerprint density at radius 3 is 3.00 bits per heavy atom. The molecule has 0 aromatic heterocycles. The molecule has 0 aromatic rings. The minimum atomic E-state index is 0.343. The van der Waals surface area contributed by atoms with Gasteiger partial charge in [0.2, 0.25) is 0 Å². The Kier molecular flexibility index (Phi) is 3.64. The lowest BCUT2D eigenvalue weighted by Gasteiger charge is -2.23. The Labute approximate surface area is 69.7 Å².